The van der Waals surface area contributed by atoms with Gasteiger partial charge in [0.05, 0.1) is 0 Å². The summed E-state index contributed by atoms with van der Waals surface area (Å²) in [6.07, 6.45) is 0.176. The molecule has 0 amide bonds. The summed E-state index contributed by atoms with van der Waals surface area (Å²) in [6, 6.07) is 0. The van der Waals surface area contributed by atoms with Gasteiger partial charge < -0.3 is 4.55 Å². The van der Waals surface area contributed by atoms with E-state index < -0.39 is 28.7 Å². The van der Waals surface area contributed by atoms with Crippen LogP contribution in [0.25, 0.3) is 0 Å². The molecule has 1 saturated carbocycles. The Morgan fingerprint density at radius 3 is 2.27 bits per heavy atom. The standard InChI is InChI=1S/C5H8F2O2S.Na/c6-5(7)2-1-4(5)3-10(8)9;/h4H,1-3H2,(H,8,9);/q;+1/p-1. The molecule has 0 aliphatic heterocycles. The van der Waals surface area contributed by atoms with Crippen molar-refractivity contribution in [1.29, 1.82) is 0 Å². The first kappa shape index (κ1) is 12.0. The quantitative estimate of drug-likeness (QED) is 0.372. The topological polar surface area (TPSA) is 40.1 Å². The summed E-state index contributed by atoms with van der Waals surface area (Å²) in [5.41, 5.74) is 0. The van der Waals surface area contributed by atoms with E-state index in [4.69, 9.17) is 0 Å². The maximum atomic E-state index is 12.3. The van der Waals surface area contributed by atoms with E-state index in [2.05, 4.69) is 0 Å². The number of rotatable bonds is 2. The molecule has 0 saturated heterocycles. The van der Waals surface area contributed by atoms with E-state index in [0.29, 0.717) is 6.42 Å². The molecule has 0 aromatic rings. The Balaban J connectivity index is 0.000001000. The van der Waals surface area contributed by atoms with Gasteiger partial charge >= 0.3 is 29.6 Å². The molecule has 1 aliphatic carbocycles. The van der Waals surface area contributed by atoms with Gasteiger partial charge in [0.2, 0.25) is 0 Å². The molecule has 60 valence electrons. The molecule has 2 nitrogen and oxygen atoms in total. The van der Waals surface area contributed by atoms with Crippen LogP contribution in [0.2, 0.25) is 0 Å². The van der Waals surface area contributed by atoms with Crippen molar-refractivity contribution in [1.82, 2.24) is 0 Å². The van der Waals surface area contributed by atoms with Gasteiger partial charge in [0.15, 0.2) is 0 Å². The fourth-order valence-electron chi connectivity index (χ4n) is 0.936. The largest absolute Gasteiger partial charge is 1.00 e. The van der Waals surface area contributed by atoms with E-state index in [9.17, 15) is 17.5 Å². The molecule has 1 rings (SSSR count). The van der Waals surface area contributed by atoms with Crippen LogP contribution in [-0.2, 0) is 11.1 Å². The summed E-state index contributed by atoms with van der Waals surface area (Å²) in [7, 11) is 0. The van der Waals surface area contributed by atoms with Gasteiger partial charge in [-0.3, -0.25) is 4.21 Å². The summed E-state index contributed by atoms with van der Waals surface area (Å²) in [5, 5.41) is 0. The first-order valence-electron chi connectivity index (χ1n) is 2.96. The van der Waals surface area contributed by atoms with Crippen LogP contribution < -0.4 is 29.6 Å². The van der Waals surface area contributed by atoms with E-state index in [1.807, 2.05) is 0 Å². The van der Waals surface area contributed by atoms with Crippen LogP contribution in [0.5, 0.6) is 0 Å². The van der Waals surface area contributed by atoms with Gasteiger partial charge in [0, 0.05) is 18.1 Å². The summed E-state index contributed by atoms with van der Waals surface area (Å²) in [6.45, 7) is 0. The van der Waals surface area contributed by atoms with Crippen molar-refractivity contribution in [3.63, 3.8) is 0 Å². The number of hydrogen-bond acceptors (Lipinski definition) is 2. The van der Waals surface area contributed by atoms with Crippen molar-refractivity contribution in [2.24, 2.45) is 5.92 Å². The zero-order valence-electron chi connectivity index (χ0n) is 6.18. The Labute approximate surface area is 88.3 Å². The van der Waals surface area contributed by atoms with Gasteiger partial charge in [-0.15, -0.1) is 0 Å². The summed E-state index contributed by atoms with van der Waals surface area (Å²) in [4.78, 5) is 0. The summed E-state index contributed by atoms with van der Waals surface area (Å²) < 4.78 is 44.5. The molecule has 0 aromatic carbocycles. The van der Waals surface area contributed by atoms with Crippen LogP contribution >= 0.6 is 0 Å². The maximum absolute atomic E-state index is 12.3. The SMILES string of the molecule is O=S([O-])CC1CCC1(F)F.[Na+]. The zero-order chi connectivity index (χ0) is 7.78. The van der Waals surface area contributed by atoms with E-state index in [0.717, 1.165) is 0 Å². The molecule has 0 N–H and O–H groups in total. The van der Waals surface area contributed by atoms with E-state index in [1.54, 1.807) is 0 Å². The Bertz CT molecular complexity index is 165. The van der Waals surface area contributed by atoms with Gasteiger partial charge in [-0.2, -0.15) is 0 Å². The predicted molar refractivity (Wildman–Crippen MR) is 31.5 cm³/mol. The zero-order valence-corrected chi connectivity index (χ0v) is 9.00. The second-order valence-electron chi connectivity index (χ2n) is 2.47. The van der Waals surface area contributed by atoms with Crippen molar-refractivity contribution in [2.45, 2.75) is 18.8 Å². The third-order valence-corrected chi connectivity index (χ3v) is 2.44. The third kappa shape index (κ3) is 3.06. The molecule has 2 atom stereocenters. The molecular formula is C5H7F2NaO2S. The fraction of sp³-hybridized carbons (Fsp3) is 1.00. The number of halogens is 2. The molecule has 11 heavy (non-hydrogen) atoms. The summed E-state index contributed by atoms with van der Waals surface area (Å²) in [5.74, 6) is -4.04. The second kappa shape index (κ2) is 4.28. The number of alkyl halides is 2. The minimum absolute atomic E-state index is 0. The molecule has 2 unspecified atom stereocenters. The van der Waals surface area contributed by atoms with E-state index >= 15 is 0 Å². The molecule has 1 fully saturated rings. The van der Waals surface area contributed by atoms with Crippen molar-refractivity contribution in [3.8, 4) is 0 Å². The first-order chi connectivity index (χ1) is 4.52. The molecule has 0 aromatic heterocycles. The van der Waals surface area contributed by atoms with E-state index in [-0.39, 0.29) is 36.0 Å². The Morgan fingerprint density at radius 2 is 2.18 bits per heavy atom. The van der Waals surface area contributed by atoms with Gasteiger partial charge in [-0.25, -0.2) is 8.78 Å². The molecule has 6 heteroatoms. The monoisotopic (exact) mass is 192 g/mol. The molecule has 0 spiro atoms. The van der Waals surface area contributed by atoms with E-state index in [1.165, 1.54) is 0 Å². The van der Waals surface area contributed by atoms with Crippen LogP contribution in [0.15, 0.2) is 0 Å². The van der Waals surface area contributed by atoms with Crippen LogP contribution in [0, 0.1) is 5.92 Å². The Hall–Kier alpha value is 0.970. The predicted octanol–water partition coefficient (Wildman–Crippen LogP) is -2.09. The van der Waals surface area contributed by atoms with Crippen molar-refractivity contribution in [2.75, 3.05) is 5.75 Å². The first-order valence-corrected chi connectivity index (χ1v) is 4.20. The van der Waals surface area contributed by atoms with Crippen LogP contribution in [0.4, 0.5) is 8.78 Å². The van der Waals surface area contributed by atoms with Gasteiger partial charge in [0.25, 0.3) is 5.92 Å². The minimum atomic E-state index is -2.72. The van der Waals surface area contributed by atoms with Crippen LogP contribution in [0.1, 0.15) is 12.8 Å². The number of hydrogen-bond donors (Lipinski definition) is 0. The van der Waals surface area contributed by atoms with Crippen molar-refractivity contribution >= 4 is 11.1 Å². The fourth-order valence-corrected chi connectivity index (χ4v) is 1.68. The minimum Gasteiger partial charge on any atom is -0.772 e. The Morgan fingerprint density at radius 1 is 1.64 bits per heavy atom. The van der Waals surface area contributed by atoms with Crippen molar-refractivity contribution < 1.29 is 47.1 Å². The third-order valence-electron chi connectivity index (χ3n) is 1.76. The normalized spacial score (nSPS) is 29.9. The maximum Gasteiger partial charge on any atom is 1.00 e. The average Bonchev–Trinajstić information content (AvgIpc) is 1.81. The van der Waals surface area contributed by atoms with Gasteiger partial charge in [-0.05, 0) is 6.42 Å². The molecule has 0 radical (unpaired) electrons. The average molecular weight is 192 g/mol. The smallest absolute Gasteiger partial charge is 0.772 e. The van der Waals surface area contributed by atoms with Gasteiger partial charge in [0.1, 0.15) is 0 Å². The van der Waals surface area contributed by atoms with Crippen LogP contribution in [0.3, 0.4) is 0 Å². The van der Waals surface area contributed by atoms with Crippen molar-refractivity contribution in [3.05, 3.63) is 0 Å². The molecule has 0 heterocycles. The van der Waals surface area contributed by atoms with Crippen LogP contribution in [-0.4, -0.2) is 20.4 Å². The second-order valence-corrected chi connectivity index (χ2v) is 3.41. The molecule has 0 bridgehead atoms. The summed E-state index contributed by atoms with van der Waals surface area (Å²) >= 11 is -2.32. The molecular weight excluding hydrogens is 185 g/mol. The Kier molecular flexibility index (Phi) is 4.65. The molecule has 1 aliphatic rings. The van der Waals surface area contributed by atoms with Gasteiger partial charge in [-0.1, -0.05) is 11.1 Å².